The largest absolute Gasteiger partial charge is 0.393 e. The van der Waals surface area contributed by atoms with Crippen molar-refractivity contribution in [2.75, 3.05) is 33.7 Å². The molecule has 0 heterocycles. The average Bonchev–Trinajstić information content (AvgIpc) is 3.25. The van der Waals surface area contributed by atoms with E-state index in [1.54, 1.807) is 0 Å². The molecule has 0 aliphatic heterocycles. The van der Waals surface area contributed by atoms with E-state index in [1.807, 2.05) is 6.92 Å². The molecule has 12 atom stereocenters. The lowest BCUT2D eigenvalue weighted by atomic mass is 9.43. The first-order valence-corrected chi connectivity index (χ1v) is 16.5. The third-order valence-corrected chi connectivity index (χ3v) is 12.8. The standard InChI is InChI=1S/C33H60N2O5/c1-7-23(36)20-35(5,6)16-8-15-34-30(40)12-9-21(2)25-10-11-26-31-27(19-29(39)33(25,26)4)32(3)14-13-24(37)17-22(32)18-28(31)38/h21-29,31,36-39H,7-20H2,1-6H3/p+1. The Morgan fingerprint density at radius 1 is 1.05 bits per heavy atom. The Kier molecular flexibility index (Phi) is 10.0. The van der Waals surface area contributed by atoms with Crippen LogP contribution >= 0.6 is 0 Å². The molecule has 0 saturated heterocycles. The number of nitrogens with zero attached hydrogens (tertiary/aromatic N) is 1. The van der Waals surface area contributed by atoms with Crippen LogP contribution < -0.4 is 5.32 Å². The number of carbonyl (C=O) groups excluding carboxylic acids is 1. The van der Waals surface area contributed by atoms with Gasteiger partial charge in [-0.05, 0) is 104 Å². The van der Waals surface area contributed by atoms with Gasteiger partial charge in [0.1, 0.15) is 12.6 Å². The van der Waals surface area contributed by atoms with Crippen LogP contribution in [0.15, 0.2) is 0 Å². The Morgan fingerprint density at radius 3 is 2.48 bits per heavy atom. The van der Waals surface area contributed by atoms with Gasteiger partial charge in [-0.1, -0.05) is 27.7 Å². The van der Waals surface area contributed by atoms with Gasteiger partial charge in [0, 0.05) is 19.4 Å². The number of fused-ring (bicyclic) bond motifs is 5. The van der Waals surface area contributed by atoms with Gasteiger partial charge in [0.25, 0.3) is 0 Å². The van der Waals surface area contributed by atoms with Crippen molar-refractivity contribution in [3.8, 4) is 0 Å². The lowest BCUT2D eigenvalue weighted by Gasteiger charge is -2.63. The normalized spacial score (nSPS) is 42.9. The maximum Gasteiger partial charge on any atom is 0.220 e. The number of likely N-dealkylation sites (N-methyl/N-ethyl adjacent to an activating group) is 1. The van der Waals surface area contributed by atoms with E-state index < -0.39 is 0 Å². The Bertz CT molecular complexity index is 868. The van der Waals surface area contributed by atoms with Gasteiger partial charge in [0.15, 0.2) is 0 Å². The van der Waals surface area contributed by atoms with Crippen LogP contribution in [0.2, 0.25) is 0 Å². The Balaban J connectivity index is 1.31. The number of aliphatic hydroxyl groups is 4. The molecule has 0 aromatic carbocycles. The van der Waals surface area contributed by atoms with Crippen LogP contribution in [0, 0.1) is 46.3 Å². The fraction of sp³-hybridized carbons (Fsp3) is 0.970. The fourth-order valence-corrected chi connectivity index (χ4v) is 10.3. The van der Waals surface area contributed by atoms with Gasteiger partial charge in [-0.25, -0.2) is 0 Å². The van der Waals surface area contributed by atoms with Crippen molar-refractivity contribution < 1.29 is 29.7 Å². The van der Waals surface area contributed by atoms with Gasteiger partial charge in [-0.2, -0.15) is 0 Å². The molecule has 0 aromatic rings. The fourth-order valence-electron chi connectivity index (χ4n) is 10.3. The highest BCUT2D eigenvalue weighted by molar-refractivity contribution is 5.75. The molecule has 7 heteroatoms. The topological polar surface area (TPSA) is 110 Å². The molecule has 0 bridgehead atoms. The van der Waals surface area contributed by atoms with E-state index in [-0.39, 0.29) is 47.1 Å². The lowest BCUT2D eigenvalue weighted by Crippen LogP contribution is -2.62. The van der Waals surface area contributed by atoms with Gasteiger partial charge in [0.2, 0.25) is 5.91 Å². The molecule has 4 fully saturated rings. The zero-order chi connectivity index (χ0) is 29.5. The zero-order valence-electron chi connectivity index (χ0n) is 26.3. The lowest BCUT2D eigenvalue weighted by molar-refractivity contribution is -0.893. The molecule has 7 nitrogen and oxygen atoms in total. The van der Waals surface area contributed by atoms with Crippen LogP contribution in [-0.4, -0.2) is 89.0 Å². The van der Waals surface area contributed by atoms with Crippen LogP contribution in [0.4, 0.5) is 0 Å². The molecule has 0 spiro atoms. The molecule has 4 aliphatic rings. The highest BCUT2D eigenvalue weighted by Crippen LogP contribution is 2.68. The second-order valence-electron chi connectivity index (χ2n) is 15.6. The van der Waals surface area contributed by atoms with Crippen LogP contribution in [0.3, 0.4) is 0 Å². The summed E-state index contributed by atoms with van der Waals surface area (Å²) in [5.74, 6) is 2.00. The number of hydrogen-bond acceptors (Lipinski definition) is 5. The van der Waals surface area contributed by atoms with Gasteiger partial charge >= 0.3 is 0 Å². The van der Waals surface area contributed by atoms with E-state index >= 15 is 0 Å². The smallest absolute Gasteiger partial charge is 0.220 e. The van der Waals surface area contributed by atoms with E-state index in [9.17, 15) is 25.2 Å². The molecule has 12 unspecified atom stereocenters. The minimum atomic E-state index is -0.384. The molecular formula is C33H61N2O5+. The summed E-state index contributed by atoms with van der Waals surface area (Å²) in [6.07, 6.45) is 8.01. The molecule has 5 N–H and O–H groups in total. The predicted octanol–water partition coefficient (Wildman–Crippen LogP) is 3.72. The number of carbonyl (C=O) groups is 1. The molecule has 1 amide bonds. The number of nitrogens with one attached hydrogen (secondary N) is 1. The van der Waals surface area contributed by atoms with Crippen LogP contribution in [0.1, 0.15) is 98.3 Å². The third kappa shape index (κ3) is 6.29. The molecule has 0 radical (unpaired) electrons. The van der Waals surface area contributed by atoms with E-state index in [4.69, 9.17) is 0 Å². The summed E-state index contributed by atoms with van der Waals surface area (Å²) in [5.41, 5.74) is -0.126. The van der Waals surface area contributed by atoms with Crippen molar-refractivity contribution in [1.29, 1.82) is 0 Å². The van der Waals surface area contributed by atoms with Crippen molar-refractivity contribution in [2.24, 2.45) is 46.3 Å². The number of aliphatic hydroxyl groups excluding tert-OH is 4. The van der Waals surface area contributed by atoms with E-state index in [0.717, 1.165) is 81.8 Å². The van der Waals surface area contributed by atoms with Crippen molar-refractivity contribution in [3.05, 3.63) is 0 Å². The minimum absolute atomic E-state index is 0.0944. The summed E-state index contributed by atoms with van der Waals surface area (Å²) in [4.78, 5) is 12.7. The van der Waals surface area contributed by atoms with E-state index in [2.05, 4.69) is 40.2 Å². The number of hydrogen-bond donors (Lipinski definition) is 5. The molecule has 40 heavy (non-hydrogen) atoms. The molecule has 232 valence electrons. The Morgan fingerprint density at radius 2 is 1.77 bits per heavy atom. The van der Waals surface area contributed by atoms with Crippen molar-refractivity contribution in [2.45, 2.75) is 123 Å². The summed E-state index contributed by atoms with van der Waals surface area (Å²) < 4.78 is 0.754. The van der Waals surface area contributed by atoms with Crippen molar-refractivity contribution in [1.82, 2.24) is 5.32 Å². The van der Waals surface area contributed by atoms with Gasteiger partial charge in [-0.3, -0.25) is 4.79 Å². The summed E-state index contributed by atoms with van der Waals surface area (Å²) >= 11 is 0. The molecular weight excluding hydrogens is 504 g/mol. The zero-order valence-corrected chi connectivity index (χ0v) is 26.3. The SMILES string of the molecule is CCC(O)C[N+](C)(C)CCCNC(=O)CCC(C)C1CCC2C3C(O)CC4CC(O)CCC4(C)C3CC(O)C12C. The van der Waals surface area contributed by atoms with Crippen LogP contribution in [0.25, 0.3) is 0 Å². The van der Waals surface area contributed by atoms with Crippen LogP contribution in [0.5, 0.6) is 0 Å². The summed E-state index contributed by atoms with van der Waals surface area (Å²) in [7, 11) is 4.26. The van der Waals surface area contributed by atoms with E-state index in [1.165, 1.54) is 0 Å². The second-order valence-corrected chi connectivity index (χ2v) is 15.6. The molecule has 4 rings (SSSR count). The maximum absolute atomic E-state index is 12.7. The number of rotatable bonds is 11. The molecule has 4 saturated carbocycles. The first kappa shape index (κ1) is 32.2. The van der Waals surface area contributed by atoms with Gasteiger partial charge < -0.3 is 30.2 Å². The first-order chi connectivity index (χ1) is 18.7. The maximum atomic E-state index is 12.7. The first-order valence-electron chi connectivity index (χ1n) is 16.5. The number of quaternary nitrogens is 1. The summed E-state index contributed by atoms with van der Waals surface area (Å²) in [6.45, 7) is 11.2. The molecule has 0 aromatic heterocycles. The van der Waals surface area contributed by atoms with Gasteiger partial charge in [0.05, 0.1) is 39.0 Å². The van der Waals surface area contributed by atoms with Gasteiger partial charge in [-0.15, -0.1) is 0 Å². The van der Waals surface area contributed by atoms with Crippen LogP contribution in [-0.2, 0) is 4.79 Å². The highest BCUT2D eigenvalue weighted by atomic mass is 16.3. The van der Waals surface area contributed by atoms with Crippen molar-refractivity contribution in [3.63, 3.8) is 0 Å². The quantitative estimate of drug-likeness (QED) is 0.194. The average molecular weight is 566 g/mol. The Labute approximate surface area is 243 Å². The molecule has 4 aliphatic carbocycles. The van der Waals surface area contributed by atoms with Crippen molar-refractivity contribution >= 4 is 5.91 Å². The summed E-state index contributed by atoms with van der Waals surface area (Å²) in [5, 5.41) is 46.7. The highest BCUT2D eigenvalue weighted by Gasteiger charge is 2.65. The number of amides is 1. The minimum Gasteiger partial charge on any atom is -0.393 e. The van der Waals surface area contributed by atoms with E-state index in [0.29, 0.717) is 42.6 Å². The second kappa shape index (κ2) is 12.5. The monoisotopic (exact) mass is 565 g/mol. The third-order valence-electron chi connectivity index (χ3n) is 12.8. The predicted molar refractivity (Wildman–Crippen MR) is 158 cm³/mol. The Hall–Kier alpha value is -0.730. The summed E-state index contributed by atoms with van der Waals surface area (Å²) in [6, 6.07) is 0.